The molecule has 34 heavy (non-hydrogen) atoms. The molecule has 1 amide bonds. The average molecular weight is 489 g/mol. The molecule has 1 fully saturated rings. The van der Waals surface area contributed by atoms with Crippen LogP contribution in [0.3, 0.4) is 0 Å². The van der Waals surface area contributed by atoms with E-state index in [2.05, 4.69) is 20.3 Å². The molecule has 1 saturated heterocycles. The third-order valence-corrected chi connectivity index (χ3v) is 5.53. The molecular formula is C20H17F6N5O3. The molecule has 0 saturated carbocycles. The summed E-state index contributed by atoms with van der Waals surface area (Å²) in [5.41, 5.74) is 2.47. The molecule has 14 heteroatoms. The summed E-state index contributed by atoms with van der Waals surface area (Å²) in [6, 6.07) is 2.77. The van der Waals surface area contributed by atoms with Crippen LogP contribution < -0.4 is 11.1 Å². The van der Waals surface area contributed by atoms with Crippen molar-refractivity contribution in [2.45, 2.75) is 30.7 Å². The number of nitrogens with one attached hydrogen (secondary N) is 1. The largest absolute Gasteiger partial charge is 0.465 e. The summed E-state index contributed by atoms with van der Waals surface area (Å²) in [5, 5.41) is 2.38. The highest BCUT2D eigenvalue weighted by molar-refractivity contribution is 6.02. The predicted octanol–water partition coefficient (Wildman–Crippen LogP) is 3.10. The number of hydrogen-bond donors (Lipinski definition) is 2. The molecule has 182 valence electrons. The summed E-state index contributed by atoms with van der Waals surface area (Å²) in [4.78, 5) is 23.6. The second kappa shape index (κ2) is 8.11. The van der Waals surface area contributed by atoms with E-state index >= 15 is 0 Å². The lowest BCUT2D eigenvalue weighted by Crippen LogP contribution is -2.48. The van der Waals surface area contributed by atoms with Crippen molar-refractivity contribution in [3.8, 4) is 0 Å². The van der Waals surface area contributed by atoms with Gasteiger partial charge in [0.1, 0.15) is 22.7 Å². The molecule has 1 unspecified atom stereocenters. The number of halogens is 6. The van der Waals surface area contributed by atoms with Gasteiger partial charge in [0.2, 0.25) is 0 Å². The van der Waals surface area contributed by atoms with E-state index in [9.17, 15) is 31.1 Å². The number of nitrogens with two attached hydrogens (primary N) is 1. The minimum absolute atomic E-state index is 0.0167. The van der Waals surface area contributed by atoms with E-state index in [0.29, 0.717) is 6.92 Å². The topological polar surface area (TPSA) is 112 Å². The van der Waals surface area contributed by atoms with E-state index in [1.807, 2.05) is 0 Å². The molecule has 1 aromatic carbocycles. The van der Waals surface area contributed by atoms with Crippen LogP contribution in [0.4, 0.5) is 32.0 Å². The van der Waals surface area contributed by atoms with Crippen molar-refractivity contribution in [2.75, 3.05) is 18.5 Å². The number of nitrogens with zero attached hydrogens (tertiary/aromatic N) is 3. The zero-order valence-electron chi connectivity index (χ0n) is 17.4. The Labute approximate surface area is 188 Å². The van der Waals surface area contributed by atoms with Gasteiger partial charge in [-0.3, -0.25) is 9.78 Å². The van der Waals surface area contributed by atoms with Gasteiger partial charge in [0.15, 0.2) is 6.10 Å². The first-order valence-electron chi connectivity index (χ1n) is 9.79. The number of aromatic nitrogens is 2. The third-order valence-electron chi connectivity index (χ3n) is 5.53. The average Bonchev–Trinajstić information content (AvgIpc) is 3.14. The van der Waals surface area contributed by atoms with Crippen LogP contribution in [0.5, 0.6) is 0 Å². The van der Waals surface area contributed by atoms with Gasteiger partial charge in [0.05, 0.1) is 31.5 Å². The molecular weight excluding hydrogens is 472 g/mol. The van der Waals surface area contributed by atoms with Crippen LogP contribution in [-0.4, -0.2) is 47.4 Å². The predicted molar refractivity (Wildman–Crippen MR) is 104 cm³/mol. The normalized spacial score (nSPS) is 24.7. The van der Waals surface area contributed by atoms with Gasteiger partial charge in [-0.25, -0.2) is 14.4 Å². The molecule has 0 aliphatic carbocycles. The van der Waals surface area contributed by atoms with Gasteiger partial charge < -0.3 is 20.5 Å². The molecule has 2 aliphatic heterocycles. The fraction of sp³-hybridized carbons (Fsp3) is 0.400. The summed E-state index contributed by atoms with van der Waals surface area (Å²) in [7, 11) is 0. The number of rotatable bonds is 4. The lowest BCUT2D eigenvalue weighted by atomic mass is 9.77. The second-order valence-electron chi connectivity index (χ2n) is 7.89. The van der Waals surface area contributed by atoms with Crippen molar-refractivity contribution in [2.24, 2.45) is 16.6 Å². The number of anilines is 1. The van der Waals surface area contributed by atoms with Crippen molar-refractivity contribution in [3.63, 3.8) is 0 Å². The first kappa shape index (κ1) is 23.7. The molecule has 1 aromatic heterocycles. The van der Waals surface area contributed by atoms with Crippen LogP contribution in [0.2, 0.25) is 0 Å². The van der Waals surface area contributed by atoms with Crippen molar-refractivity contribution in [1.82, 2.24) is 9.97 Å². The summed E-state index contributed by atoms with van der Waals surface area (Å²) < 4.78 is 91.8. The molecule has 8 nitrogen and oxygen atoms in total. The van der Waals surface area contributed by atoms with Gasteiger partial charge in [-0.1, -0.05) is 0 Å². The van der Waals surface area contributed by atoms with Crippen molar-refractivity contribution >= 4 is 17.6 Å². The van der Waals surface area contributed by atoms with Crippen LogP contribution in [0.25, 0.3) is 0 Å². The Kier molecular flexibility index (Phi) is 5.66. The number of amides is 1. The van der Waals surface area contributed by atoms with E-state index in [4.69, 9.17) is 15.2 Å². The standard InChI is InChI=1S/C20H17F6N5O3/c1-18(22,23)14-6-28-13(5-29-14)16(32)30-9-2-3-12(21)10(4-9)19-8-34-15(20(24,25)26)11(19)7-33-17(27)31-19/h2-6,11,15H,7-8H2,1H3,(H2,27,31)(H,30,32)/t11?,15-,19+/m0/s1. The highest BCUT2D eigenvalue weighted by Gasteiger charge is 2.62. The molecule has 0 bridgehead atoms. The maximum atomic E-state index is 14.9. The zero-order valence-corrected chi connectivity index (χ0v) is 17.4. The number of carbonyl (C=O) groups is 1. The number of hydrogen-bond acceptors (Lipinski definition) is 7. The lowest BCUT2D eigenvalue weighted by Gasteiger charge is -2.36. The molecule has 4 rings (SSSR count). The van der Waals surface area contributed by atoms with E-state index in [1.54, 1.807) is 0 Å². The number of aliphatic imine (C=N–C) groups is 1. The number of alkyl halides is 5. The lowest BCUT2D eigenvalue weighted by molar-refractivity contribution is -0.219. The Morgan fingerprint density at radius 1 is 1.21 bits per heavy atom. The number of benzene rings is 1. The van der Waals surface area contributed by atoms with Gasteiger partial charge in [0, 0.05) is 18.2 Å². The Morgan fingerprint density at radius 3 is 2.56 bits per heavy atom. The molecule has 2 aromatic rings. The summed E-state index contributed by atoms with van der Waals surface area (Å²) >= 11 is 0. The second-order valence-corrected chi connectivity index (χ2v) is 7.89. The molecule has 3 atom stereocenters. The summed E-state index contributed by atoms with van der Waals surface area (Å²) in [6.45, 7) is -0.525. The Bertz CT molecular complexity index is 1130. The molecule has 0 spiro atoms. The molecule has 2 aliphatic rings. The quantitative estimate of drug-likeness (QED) is 0.639. The number of ether oxygens (including phenoxy) is 2. The van der Waals surface area contributed by atoms with Crippen LogP contribution in [0.1, 0.15) is 28.7 Å². The zero-order chi connectivity index (χ0) is 24.9. The van der Waals surface area contributed by atoms with Gasteiger partial charge in [-0.05, 0) is 18.2 Å². The van der Waals surface area contributed by atoms with Crippen molar-refractivity contribution < 1.29 is 40.6 Å². The van der Waals surface area contributed by atoms with Crippen LogP contribution in [0, 0.1) is 11.7 Å². The van der Waals surface area contributed by atoms with E-state index < -0.39 is 66.3 Å². The van der Waals surface area contributed by atoms with Crippen molar-refractivity contribution in [3.05, 3.63) is 53.4 Å². The number of carbonyl (C=O) groups excluding carboxylic acids is 1. The maximum Gasteiger partial charge on any atom is 0.415 e. The first-order valence-corrected chi connectivity index (χ1v) is 9.79. The van der Waals surface area contributed by atoms with Gasteiger partial charge in [-0.2, -0.15) is 22.0 Å². The van der Waals surface area contributed by atoms with Gasteiger partial charge in [-0.15, -0.1) is 0 Å². The molecule has 3 N–H and O–H groups in total. The Morgan fingerprint density at radius 2 is 1.94 bits per heavy atom. The number of fused-ring (bicyclic) bond motifs is 1. The maximum absolute atomic E-state index is 14.9. The number of amidine groups is 1. The fourth-order valence-electron chi connectivity index (χ4n) is 3.90. The van der Waals surface area contributed by atoms with Gasteiger partial charge >= 0.3 is 6.18 Å². The summed E-state index contributed by atoms with van der Waals surface area (Å²) in [5.74, 6) is -6.46. The highest BCUT2D eigenvalue weighted by Crippen LogP contribution is 2.50. The molecule has 3 heterocycles. The highest BCUT2D eigenvalue weighted by atomic mass is 19.4. The first-order chi connectivity index (χ1) is 15.8. The molecule has 0 radical (unpaired) electrons. The van der Waals surface area contributed by atoms with E-state index in [0.717, 1.165) is 30.6 Å². The third kappa shape index (κ3) is 4.24. The monoisotopic (exact) mass is 489 g/mol. The minimum Gasteiger partial charge on any atom is -0.465 e. The fourth-order valence-corrected chi connectivity index (χ4v) is 3.90. The van der Waals surface area contributed by atoms with Crippen LogP contribution in [0.15, 0.2) is 35.6 Å². The van der Waals surface area contributed by atoms with Crippen LogP contribution in [-0.2, 0) is 20.9 Å². The summed E-state index contributed by atoms with van der Waals surface area (Å²) in [6.07, 6.45) is -5.46. The SMILES string of the molecule is CC(F)(F)c1cnc(C(=O)Nc2ccc(F)c([C@]34CO[C@H](C(F)(F)F)C3COC(N)=N4)c2)cn1. The Hall–Kier alpha value is -3.42. The van der Waals surface area contributed by atoms with Gasteiger partial charge in [0.25, 0.3) is 17.9 Å². The van der Waals surface area contributed by atoms with E-state index in [-0.39, 0.29) is 16.9 Å². The van der Waals surface area contributed by atoms with Crippen molar-refractivity contribution in [1.29, 1.82) is 0 Å². The Balaban J connectivity index is 1.66. The van der Waals surface area contributed by atoms with E-state index in [1.165, 1.54) is 0 Å². The minimum atomic E-state index is -4.76. The van der Waals surface area contributed by atoms with Crippen LogP contribution >= 0.6 is 0 Å². The smallest absolute Gasteiger partial charge is 0.415 e.